The Hall–Kier alpha value is -1.67. The number of carbonyl (C=O) groups is 1. The maximum absolute atomic E-state index is 12.6. The summed E-state index contributed by atoms with van der Waals surface area (Å²) < 4.78 is 0.641. The Morgan fingerprint density at radius 1 is 1.00 bits per heavy atom. The number of ketones is 1. The van der Waals surface area contributed by atoms with Crippen LogP contribution >= 0.6 is 0 Å². The lowest BCUT2D eigenvalue weighted by molar-refractivity contribution is -0.883. The highest BCUT2D eigenvalue weighted by Gasteiger charge is 2.28. The highest BCUT2D eigenvalue weighted by molar-refractivity contribution is 6.09. The molecule has 0 aliphatic rings. The Labute approximate surface area is 108 Å². The fourth-order valence-corrected chi connectivity index (χ4v) is 2.02. The fourth-order valence-electron chi connectivity index (χ4n) is 2.02. The van der Waals surface area contributed by atoms with Gasteiger partial charge in [-0.05, 0) is 17.7 Å². The van der Waals surface area contributed by atoms with Gasteiger partial charge < -0.3 is 4.48 Å². The molecular weight excluding hydrogens is 222 g/mol. The Kier molecular flexibility index (Phi) is 3.22. The van der Waals surface area contributed by atoms with E-state index in [9.17, 15) is 4.79 Å². The van der Waals surface area contributed by atoms with Crippen molar-refractivity contribution in [2.75, 3.05) is 21.1 Å². The van der Waals surface area contributed by atoms with Crippen LogP contribution in [0.1, 0.15) is 17.3 Å². The van der Waals surface area contributed by atoms with Crippen molar-refractivity contribution >= 4 is 16.6 Å². The molecular formula is C16H20NO+. The van der Waals surface area contributed by atoms with E-state index in [-0.39, 0.29) is 11.8 Å². The van der Waals surface area contributed by atoms with Crippen LogP contribution in [0.15, 0.2) is 42.5 Å². The molecule has 0 heterocycles. The van der Waals surface area contributed by atoms with Crippen LogP contribution in [0.5, 0.6) is 0 Å². The van der Waals surface area contributed by atoms with E-state index in [0.717, 1.165) is 16.3 Å². The summed E-state index contributed by atoms with van der Waals surface area (Å²) in [6, 6.07) is 13.9. The summed E-state index contributed by atoms with van der Waals surface area (Å²) in [6.45, 7) is 1.99. The molecule has 2 heteroatoms. The Bertz CT molecular complexity index is 576. The number of nitrogens with zero attached hydrogens (tertiary/aromatic N) is 1. The average Bonchev–Trinajstić information content (AvgIpc) is 2.35. The maximum atomic E-state index is 12.6. The second-order valence-electron chi connectivity index (χ2n) is 5.68. The molecule has 0 amide bonds. The molecule has 94 valence electrons. The summed E-state index contributed by atoms with van der Waals surface area (Å²) in [5.74, 6) is 0.208. The number of hydrogen-bond acceptors (Lipinski definition) is 1. The third kappa shape index (κ3) is 2.29. The summed E-state index contributed by atoms with van der Waals surface area (Å²) in [5.41, 5.74) is 0.827. The first-order valence-electron chi connectivity index (χ1n) is 6.24. The van der Waals surface area contributed by atoms with E-state index in [1.807, 2.05) is 70.5 Å². The van der Waals surface area contributed by atoms with E-state index < -0.39 is 0 Å². The van der Waals surface area contributed by atoms with Crippen molar-refractivity contribution in [1.82, 2.24) is 0 Å². The number of rotatable bonds is 3. The fraction of sp³-hybridized carbons (Fsp3) is 0.312. The minimum Gasteiger partial charge on any atom is -0.322 e. The van der Waals surface area contributed by atoms with E-state index in [0.29, 0.717) is 4.48 Å². The highest BCUT2D eigenvalue weighted by atomic mass is 16.1. The van der Waals surface area contributed by atoms with Crippen LogP contribution in [0.4, 0.5) is 0 Å². The van der Waals surface area contributed by atoms with Gasteiger partial charge in [-0.25, -0.2) is 0 Å². The van der Waals surface area contributed by atoms with Gasteiger partial charge in [-0.2, -0.15) is 0 Å². The molecule has 0 saturated carbocycles. The molecule has 0 saturated heterocycles. The summed E-state index contributed by atoms with van der Waals surface area (Å²) in [5, 5.41) is 2.17. The van der Waals surface area contributed by atoms with Crippen molar-refractivity contribution in [2.45, 2.75) is 13.0 Å². The molecule has 0 fully saturated rings. The maximum Gasteiger partial charge on any atom is 0.220 e. The van der Waals surface area contributed by atoms with Gasteiger partial charge in [0.2, 0.25) is 5.78 Å². The van der Waals surface area contributed by atoms with E-state index in [1.54, 1.807) is 0 Å². The molecule has 2 rings (SSSR count). The van der Waals surface area contributed by atoms with Crippen LogP contribution in [0.2, 0.25) is 0 Å². The van der Waals surface area contributed by atoms with Crippen LogP contribution in [0.3, 0.4) is 0 Å². The van der Waals surface area contributed by atoms with Crippen molar-refractivity contribution in [1.29, 1.82) is 0 Å². The zero-order valence-corrected chi connectivity index (χ0v) is 11.5. The normalized spacial score (nSPS) is 13.6. The van der Waals surface area contributed by atoms with Crippen LogP contribution in [-0.4, -0.2) is 37.5 Å². The quantitative estimate of drug-likeness (QED) is 0.597. The van der Waals surface area contributed by atoms with Crippen LogP contribution in [-0.2, 0) is 0 Å². The lowest BCUT2D eigenvalue weighted by Crippen LogP contribution is -2.47. The molecule has 0 spiro atoms. The van der Waals surface area contributed by atoms with Gasteiger partial charge in [0.1, 0.15) is 6.04 Å². The molecule has 2 nitrogen and oxygen atoms in total. The monoisotopic (exact) mass is 242 g/mol. The van der Waals surface area contributed by atoms with E-state index in [1.165, 1.54) is 0 Å². The van der Waals surface area contributed by atoms with E-state index >= 15 is 0 Å². The lowest BCUT2D eigenvalue weighted by atomic mass is 9.97. The summed E-state index contributed by atoms with van der Waals surface area (Å²) in [7, 11) is 6.15. The molecule has 0 bridgehead atoms. The zero-order chi connectivity index (χ0) is 13.3. The number of carbonyl (C=O) groups excluding carboxylic acids is 1. The first-order valence-corrected chi connectivity index (χ1v) is 6.24. The van der Waals surface area contributed by atoms with Gasteiger partial charge in [0.25, 0.3) is 0 Å². The van der Waals surface area contributed by atoms with Gasteiger partial charge in [0.05, 0.1) is 21.1 Å². The smallest absolute Gasteiger partial charge is 0.220 e. The standard InChI is InChI=1S/C16H20NO/c1-12(17(2,3)4)16(18)15-11-7-9-13-8-5-6-10-14(13)15/h5-12H,1-4H3/q+1. The van der Waals surface area contributed by atoms with Gasteiger partial charge in [-0.15, -0.1) is 0 Å². The third-order valence-corrected chi connectivity index (χ3v) is 3.60. The van der Waals surface area contributed by atoms with Crippen molar-refractivity contribution < 1.29 is 9.28 Å². The molecule has 0 N–H and O–H groups in total. The average molecular weight is 242 g/mol. The van der Waals surface area contributed by atoms with Crippen LogP contribution in [0.25, 0.3) is 10.8 Å². The van der Waals surface area contributed by atoms with Crippen molar-refractivity contribution in [3.63, 3.8) is 0 Å². The minimum atomic E-state index is -0.0455. The van der Waals surface area contributed by atoms with Gasteiger partial charge in [-0.1, -0.05) is 42.5 Å². The number of Topliss-reactive ketones (excluding diaryl/α,β-unsaturated/α-hetero) is 1. The third-order valence-electron chi connectivity index (χ3n) is 3.60. The number of likely N-dealkylation sites (N-methyl/N-ethyl adjacent to an activating group) is 1. The van der Waals surface area contributed by atoms with E-state index in [4.69, 9.17) is 0 Å². The number of benzene rings is 2. The van der Waals surface area contributed by atoms with Crippen molar-refractivity contribution in [3.05, 3.63) is 48.0 Å². The summed E-state index contributed by atoms with van der Waals surface area (Å²) in [6.07, 6.45) is 0. The Morgan fingerprint density at radius 3 is 2.28 bits per heavy atom. The van der Waals surface area contributed by atoms with Gasteiger partial charge in [0, 0.05) is 5.56 Å². The van der Waals surface area contributed by atoms with E-state index in [2.05, 4.69) is 0 Å². The molecule has 18 heavy (non-hydrogen) atoms. The van der Waals surface area contributed by atoms with Crippen LogP contribution in [0, 0.1) is 0 Å². The second-order valence-corrected chi connectivity index (χ2v) is 5.68. The van der Waals surface area contributed by atoms with Gasteiger partial charge in [-0.3, -0.25) is 4.79 Å². The minimum absolute atomic E-state index is 0.0455. The largest absolute Gasteiger partial charge is 0.322 e. The predicted molar refractivity (Wildman–Crippen MR) is 75.8 cm³/mol. The molecule has 0 aliphatic heterocycles. The first kappa shape index (κ1) is 12.8. The summed E-state index contributed by atoms with van der Waals surface area (Å²) in [4.78, 5) is 12.6. The molecule has 0 radical (unpaired) electrons. The Morgan fingerprint density at radius 2 is 1.61 bits per heavy atom. The highest BCUT2D eigenvalue weighted by Crippen LogP contribution is 2.21. The van der Waals surface area contributed by atoms with Crippen LogP contribution < -0.4 is 0 Å². The SMILES string of the molecule is CC(C(=O)c1cccc2ccccc12)[N+](C)(C)C. The predicted octanol–water partition coefficient (Wildman–Crippen LogP) is 3.12. The topological polar surface area (TPSA) is 17.1 Å². The second kappa shape index (κ2) is 4.54. The number of hydrogen-bond donors (Lipinski definition) is 0. The van der Waals surface area contributed by atoms with Crippen molar-refractivity contribution in [2.24, 2.45) is 0 Å². The van der Waals surface area contributed by atoms with Gasteiger partial charge in [0.15, 0.2) is 0 Å². The lowest BCUT2D eigenvalue weighted by Gasteiger charge is -2.30. The molecule has 2 aromatic carbocycles. The Balaban J connectivity index is 2.52. The molecule has 1 atom stereocenters. The zero-order valence-electron chi connectivity index (χ0n) is 11.5. The molecule has 2 aromatic rings. The number of quaternary nitrogens is 1. The summed E-state index contributed by atoms with van der Waals surface area (Å²) >= 11 is 0. The first-order chi connectivity index (χ1) is 8.41. The molecule has 1 unspecified atom stereocenters. The number of fused-ring (bicyclic) bond motifs is 1. The van der Waals surface area contributed by atoms with Crippen molar-refractivity contribution in [3.8, 4) is 0 Å². The molecule has 0 aliphatic carbocycles. The van der Waals surface area contributed by atoms with Gasteiger partial charge >= 0.3 is 0 Å². The molecule has 0 aromatic heterocycles.